The summed E-state index contributed by atoms with van der Waals surface area (Å²) in [5.74, 6) is 1.03. The van der Waals surface area contributed by atoms with E-state index < -0.39 is 9.84 Å². The van der Waals surface area contributed by atoms with Crippen LogP contribution >= 0.6 is 0 Å². The number of aromatic nitrogens is 1. The van der Waals surface area contributed by atoms with Crippen LogP contribution in [-0.4, -0.2) is 13.4 Å². The molecule has 0 spiro atoms. The van der Waals surface area contributed by atoms with E-state index in [0.29, 0.717) is 11.7 Å². The molecular formula is C29H29NO3S. The van der Waals surface area contributed by atoms with E-state index in [1.807, 2.05) is 54.7 Å². The number of ether oxygens (including phenoxy) is 1. The standard InChI is InChI=1S/C29H29NO3S/c1-20(2)26-15-23-12-8-14-30-29(23)28(17-26)22-11-7-13-27(16-22)33-18-24-9-5-6-10-25(24)19-34(31,32)21(3)4/h5-17,20H,3,18-19H2,1-2,4H3. The van der Waals surface area contributed by atoms with Crippen molar-refractivity contribution >= 4 is 20.7 Å². The molecule has 0 amide bonds. The summed E-state index contributed by atoms with van der Waals surface area (Å²) in [7, 11) is -3.39. The van der Waals surface area contributed by atoms with E-state index >= 15 is 0 Å². The number of fused-ring (bicyclic) bond motifs is 1. The maximum Gasteiger partial charge on any atom is 0.177 e. The molecule has 34 heavy (non-hydrogen) atoms. The molecule has 0 saturated heterocycles. The highest BCUT2D eigenvalue weighted by molar-refractivity contribution is 7.94. The summed E-state index contributed by atoms with van der Waals surface area (Å²) >= 11 is 0. The van der Waals surface area contributed by atoms with E-state index in [1.165, 1.54) is 12.5 Å². The molecule has 0 fully saturated rings. The van der Waals surface area contributed by atoms with Crippen LogP contribution in [0.5, 0.6) is 5.75 Å². The van der Waals surface area contributed by atoms with Gasteiger partial charge in [-0.25, -0.2) is 8.42 Å². The highest BCUT2D eigenvalue weighted by atomic mass is 32.2. The number of allylic oxidation sites excluding steroid dienone is 1. The Kier molecular flexibility index (Phi) is 6.85. The Hall–Kier alpha value is -3.44. The topological polar surface area (TPSA) is 56.3 Å². The fraction of sp³-hybridized carbons (Fsp3) is 0.207. The lowest BCUT2D eigenvalue weighted by Gasteiger charge is -2.14. The summed E-state index contributed by atoms with van der Waals surface area (Å²) in [6.07, 6.45) is 1.82. The summed E-state index contributed by atoms with van der Waals surface area (Å²) in [5, 5.41) is 1.11. The molecule has 0 aliphatic carbocycles. The van der Waals surface area contributed by atoms with Crippen LogP contribution in [0.2, 0.25) is 0 Å². The Balaban J connectivity index is 1.63. The molecule has 3 aromatic carbocycles. The molecular weight excluding hydrogens is 442 g/mol. The molecule has 0 atom stereocenters. The average Bonchev–Trinajstić information content (AvgIpc) is 2.82. The number of hydrogen-bond donors (Lipinski definition) is 0. The number of benzene rings is 3. The third kappa shape index (κ3) is 5.20. The first kappa shape index (κ1) is 23.7. The molecule has 0 aliphatic rings. The molecule has 0 radical (unpaired) electrons. The summed E-state index contributed by atoms with van der Waals surface area (Å²) in [6.45, 7) is 9.77. The van der Waals surface area contributed by atoms with E-state index in [4.69, 9.17) is 4.74 Å². The van der Waals surface area contributed by atoms with Gasteiger partial charge in [0.25, 0.3) is 0 Å². The van der Waals surface area contributed by atoms with Crippen molar-refractivity contribution in [3.05, 3.63) is 107 Å². The molecule has 0 aliphatic heterocycles. The number of hydrogen-bond acceptors (Lipinski definition) is 4. The Bertz CT molecular complexity index is 1460. The van der Waals surface area contributed by atoms with E-state index in [0.717, 1.165) is 33.2 Å². The van der Waals surface area contributed by atoms with E-state index in [2.05, 4.69) is 49.7 Å². The van der Waals surface area contributed by atoms with Gasteiger partial charge >= 0.3 is 0 Å². The minimum absolute atomic E-state index is 0.0818. The fourth-order valence-electron chi connectivity index (χ4n) is 3.85. The molecule has 4 rings (SSSR count). The number of nitrogens with zero attached hydrogens (tertiary/aromatic N) is 1. The second-order valence-electron chi connectivity index (χ2n) is 8.84. The summed E-state index contributed by atoms with van der Waals surface area (Å²) < 4.78 is 30.8. The number of sulfone groups is 1. The van der Waals surface area contributed by atoms with Crippen molar-refractivity contribution in [3.63, 3.8) is 0 Å². The van der Waals surface area contributed by atoms with E-state index in [9.17, 15) is 8.42 Å². The van der Waals surface area contributed by atoms with Gasteiger partial charge in [-0.2, -0.15) is 0 Å². The first-order valence-corrected chi connectivity index (χ1v) is 13.0. The maximum atomic E-state index is 12.4. The van der Waals surface area contributed by atoms with Crippen molar-refractivity contribution in [3.8, 4) is 16.9 Å². The van der Waals surface area contributed by atoms with Gasteiger partial charge in [0.2, 0.25) is 0 Å². The van der Waals surface area contributed by atoms with Gasteiger partial charge in [-0.15, -0.1) is 0 Å². The fourth-order valence-corrected chi connectivity index (χ4v) is 4.79. The molecule has 0 bridgehead atoms. The smallest absolute Gasteiger partial charge is 0.177 e. The normalized spacial score (nSPS) is 11.6. The Morgan fingerprint density at radius 1 is 0.971 bits per heavy atom. The monoisotopic (exact) mass is 471 g/mol. The summed E-state index contributed by atoms with van der Waals surface area (Å²) in [4.78, 5) is 4.80. The second-order valence-corrected chi connectivity index (χ2v) is 11.1. The van der Waals surface area contributed by atoms with Crippen LogP contribution in [0.1, 0.15) is 43.4 Å². The zero-order valence-electron chi connectivity index (χ0n) is 19.8. The van der Waals surface area contributed by atoms with Crippen LogP contribution < -0.4 is 4.74 Å². The quantitative estimate of drug-likeness (QED) is 0.276. The minimum atomic E-state index is -3.39. The maximum absolute atomic E-state index is 12.4. The average molecular weight is 472 g/mol. The molecule has 1 aromatic heterocycles. The lowest BCUT2D eigenvalue weighted by atomic mass is 9.94. The largest absolute Gasteiger partial charge is 0.489 e. The second kappa shape index (κ2) is 9.82. The molecule has 1 heterocycles. The van der Waals surface area contributed by atoms with Gasteiger partial charge in [-0.05, 0) is 65.4 Å². The lowest BCUT2D eigenvalue weighted by molar-refractivity contribution is 0.305. The summed E-state index contributed by atoms with van der Waals surface area (Å²) in [5.41, 5.74) is 5.88. The van der Waals surface area contributed by atoms with Gasteiger partial charge in [0.05, 0.1) is 11.3 Å². The van der Waals surface area contributed by atoms with Gasteiger partial charge in [0.1, 0.15) is 12.4 Å². The van der Waals surface area contributed by atoms with E-state index in [1.54, 1.807) is 0 Å². The van der Waals surface area contributed by atoms with Crippen LogP contribution in [0.15, 0.2) is 90.5 Å². The van der Waals surface area contributed by atoms with Crippen LogP contribution in [0.25, 0.3) is 22.0 Å². The minimum Gasteiger partial charge on any atom is -0.489 e. The highest BCUT2D eigenvalue weighted by Gasteiger charge is 2.16. The molecule has 4 aromatic rings. The van der Waals surface area contributed by atoms with Crippen LogP contribution in [0.4, 0.5) is 0 Å². The third-order valence-electron chi connectivity index (χ3n) is 5.93. The third-order valence-corrected chi connectivity index (χ3v) is 7.68. The van der Waals surface area contributed by atoms with Crippen molar-refractivity contribution in [1.82, 2.24) is 4.98 Å². The Morgan fingerprint density at radius 3 is 2.47 bits per heavy atom. The van der Waals surface area contributed by atoms with Crippen LogP contribution in [-0.2, 0) is 22.2 Å². The van der Waals surface area contributed by atoms with Gasteiger partial charge in [0, 0.05) is 22.1 Å². The highest BCUT2D eigenvalue weighted by Crippen LogP contribution is 2.33. The molecule has 4 nitrogen and oxygen atoms in total. The predicted molar refractivity (Wildman–Crippen MR) is 139 cm³/mol. The van der Waals surface area contributed by atoms with Crippen molar-refractivity contribution in [2.45, 2.75) is 39.0 Å². The molecule has 0 N–H and O–H groups in total. The molecule has 5 heteroatoms. The van der Waals surface area contributed by atoms with Crippen molar-refractivity contribution in [2.75, 3.05) is 0 Å². The molecule has 0 unspecified atom stereocenters. The molecule has 174 valence electrons. The zero-order chi connectivity index (χ0) is 24.3. The van der Waals surface area contributed by atoms with Gasteiger partial charge < -0.3 is 4.74 Å². The van der Waals surface area contributed by atoms with Crippen molar-refractivity contribution in [1.29, 1.82) is 0 Å². The van der Waals surface area contributed by atoms with Crippen molar-refractivity contribution < 1.29 is 13.2 Å². The number of pyridine rings is 1. The van der Waals surface area contributed by atoms with Gasteiger partial charge in [-0.3, -0.25) is 4.98 Å². The van der Waals surface area contributed by atoms with Gasteiger partial charge in [-0.1, -0.05) is 62.9 Å². The first-order valence-electron chi connectivity index (χ1n) is 11.3. The zero-order valence-corrected chi connectivity index (χ0v) is 20.6. The van der Waals surface area contributed by atoms with Gasteiger partial charge in [0.15, 0.2) is 9.84 Å². The summed E-state index contributed by atoms with van der Waals surface area (Å²) in [6, 6.07) is 23.9. The Labute approximate surface area is 201 Å². The molecule has 0 saturated carbocycles. The SMILES string of the molecule is C=C(C)S(=O)(=O)Cc1ccccc1COc1cccc(-c2cc(C(C)C)cc3cccnc23)c1. The first-order chi connectivity index (χ1) is 16.2. The van der Waals surface area contributed by atoms with E-state index in [-0.39, 0.29) is 17.3 Å². The van der Waals surface area contributed by atoms with Crippen LogP contribution in [0.3, 0.4) is 0 Å². The Morgan fingerprint density at radius 2 is 1.74 bits per heavy atom. The van der Waals surface area contributed by atoms with Crippen LogP contribution in [0, 0.1) is 0 Å². The lowest BCUT2D eigenvalue weighted by Crippen LogP contribution is -2.08. The number of rotatable bonds is 8. The van der Waals surface area contributed by atoms with Crippen molar-refractivity contribution in [2.24, 2.45) is 0 Å². The predicted octanol–water partition coefficient (Wildman–Crippen LogP) is 7.05.